The van der Waals surface area contributed by atoms with E-state index in [1.165, 1.54) is 0 Å². The first kappa shape index (κ1) is 9.94. The maximum atomic E-state index is 9.35. The highest BCUT2D eigenvalue weighted by atomic mass is 32.1. The number of thiol groups is 1. The van der Waals surface area contributed by atoms with Gasteiger partial charge in [-0.15, -0.1) is 0 Å². The third-order valence-corrected chi connectivity index (χ3v) is 1.68. The van der Waals surface area contributed by atoms with E-state index < -0.39 is 0 Å². The minimum atomic E-state index is 0.136. The van der Waals surface area contributed by atoms with Crippen LogP contribution in [0.15, 0.2) is 12.1 Å². The van der Waals surface area contributed by atoms with Crippen molar-refractivity contribution in [2.75, 3.05) is 5.75 Å². The first-order chi connectivity index (χ1) is 6.24. The van der Waals surface area contributed by atoms with Gasteiger partial charge in [0.15, 0.2) is 5.69 Å². The van der Waals surface area contributed by atoms with Crippen molar-refractivity contribution in [3.8, 4) is 17.6 Å². The average molecular weight is 193 g/mol. The van der Waals surface area contributed by atoms with Crippen LogP contribution in [0.3, 0.4) is 0 Å². The van der Waals surface area contributed by atoms with Gasteiger partial charge in [0.05, 0.1) is 0 Å². The zero-order chi connectivity index (χ0) is 9.68. The van der Waals surface area contributed by atoms with Crippen molar-refractivity contribution >= 4 is 12.6 Å². The lowest BCUT2D eigenvalue weighted by Crippen LogP contribution is -1.86. The number of rotatable bonds is 1. The molecule has 13 heavy (non-hydrogen) atoms. The molecule has 1 rings (SSSR count). The molecule has 68 valence electrons. The molecular weight excluding hydrogens is 182 g/mol. The average Bonchev–Trinajstić information content (AvgIpc) is 2.11. The minimum absolute atomic E-state index is 0.136. The Labute approximate surface area is 83.4 Å². The van der Waals surface area contributed by atoms with E-state index in [1.54, 1.807) is 12.1 Å². The van der Waals surface area contributed by atoms with E-state index in [1.807, 2.05) is 6.92 Å². The summed E-state index contributed by atoms with van der Waals surface area (Å²) in [6, 6.07) is 3.35. The zero-order valence-electron chi connectivity index (χ0n) is 7.41. The molecule has 0 aliphatic carbocycles. The van der Waals surface area contributed by atoms with Crippen LogP contribution in [0.4, 0.5) is 0 Å². The smallest absolute Gasteiger partial charge is 0.155 e. The van der Waals surface area contributed by atoms with Crippen LogP contribution >= 0.6 is 12.6 Å². The molecule has 2 nitrogen and oxygen atoms in total. The van der Waals surface area contributed by atoms with Crippen LogP contribution in [0.5, 0.6) is 5.75 Å². The largest absolute Gasteiger partial charge is 0.505 e. The molecule has 0 aromatic carbocycles. The number of aryl methyl sites for hydroxylation is 1. The molecule has 0 atom stereocenters. The molecule has 1 heterocycles. The lowest BCUT2D eigenvalue weighted by Gasteiger charge is -1.96. The van der Waals surface area contributed by atoms with Gasteiger partial charge in [0.1, 0.15) is 5.75 Å². The lowest BCUT2D eigenvalue weighted by molar-refractivity contribution is 0.470. The van der Waals surface area contributed by atoms with E-state index in [-0.39, 0.29) is 5.75 Å². The highest BCUT2D eigenvalue weighted by Gasteiger charge is 1.97. The van der Waals surface area contributed by atoms with E-state index >= 15 is 0 Å². The summed E-state index contributed by atoms with van der Waals surface area (Å²) >= 11 is 4.03. The summed E-state index contributed by atoms with van der Waals surface area (Å²) in [6.45, 7) is 1.86. The second kappa shape index (κ2) is 4.78. The summed E-state index contributed by atoms with van der Waals surface area (Å²) in [5.41, 5.74) is 1.30. The second-order valence-electron chi connectivity index (χ2n) is 2.60. The number of nitrogens with zero attached hydrogens (tertiary/aromatic N) is 1. The SMILES string of the molecule is Cc1ccc(O)c(C#CCCS)n1. The Balaban J connectivity index is 2.89. The highest BCUT2D eigenvalue weighted by Crippen LogP contribution is 2.12. The number of aromatic hydroxyl groups is 1. The first-order valence-electron chi connectivity index (χ1n) is 4.00. The third kappa shape index (κ3) is 3.00. The minimum Gasteiger partial charge on any atom is -0.505 e. The van der Waals surface area contributed by atoms with Crippen LogP contribution in [0.25, 0.3) is 0 Å². The summed E-state index contributed by atoms with van der Waals surface area (Å²) in [5.74, 6) is 6.52. The first-order valence-corrected chi connectivity index (χ1v) is 4.63. The van der Waals surface area contributed by atoms with Crippen LogP contribution in [-0.4, -0.2) is 15.8 Å². The van der Waals surface area contributed by atoms with Crippen molar-refractivity contribution in [2.24, 2.45) is 0 Å². The second-order valence-corrected chi connectivity index (χ2v) is 3.04. The van der Waals surface area contributed by atoms with Gasteiger partial charge in [0.25, 0.3) is 0 Å². The number of hydrogen-bond donors (Lipinski definition) is 2. The van der Waals surface area contributed by atoms with Gasteiger partial charge in [-0.3, -0.25) is 0 Å². The molecule has 0 saturated carbocycles. The molecule has 1 aromatic rings. The Kier molecular flexibility index (Phi) is 3.66. The van der Waals surface area contributed by atoms with Crippen LogP contribution in [0, 0.1) is 18.8 Å². The van der Waals surface area contributed by atoms with Crippen LogP contribution in [0.2, 0.25) is 0 Å². The molecule has 0 radical (unpaired) electrons. The van der Waals surface area contributed by atoms with Gasteiger partial charge in [0, 0.05) is 17.9 Å². The molecule has 0 bridgehead atoms. The molecule has 1 aromatic heterocycles. The van der Waals surface area contributed by atoms with Crippen molar-refractivity contribution in [2.45, 2.75) is 13.3 Å². The summed E-state index contributed by atoms with van der Waals surface area (Å²) < 4.78 is 0. The molecule has 0 amide bonds. The van der Waals surface area contributed by atoms with E-state index in [2.05, 4.69) is 29.5 Å². The fourth-order valence-electron chi connectivity index (χ4n) is 0.843. The number of hydrogen-bond acceptors (Lipinski definition) is 3. The normalized spacial score (nSPS) is 9.08. The standard InChI is InChI=1S/C10H11NOS/c1-8-5-6-10(12)9(11-8)4-2-3-7-13/h5-6,12-13H,3,7H2,1H3. The Hall–Kier alpha value is -1.14. The number of aromatic nitrogens is 1. The fraction of sp³-hybridized carbons (Fsp3) is 0.300. The summed E-state index contributed by atoms with van der Waals surface area (Å²) in [5, 5.41) is 9.35. The van der Waals surface area contributed by atoms with Crippen molar-refractivity contribution < 1.29 is 5.11 Å². The van der Waals surface area contributed by atoms with Gasteiger partial charge in [-0.1, -0.05) is 5.92 Å². The molecule has 3 heteroatoms. The van der Waals surface area contributed by atoms with Gasteiger partial charge in [-0.2, -0.15) is 12.6 Å². The maximum Gasteiger partial charge on any atom is 0.155 e. The van der Waals surface area contributed by atoms with E-state index in [9.17, 15) is 5.11 Å². The predicted octanol–water partition coefficient (Wildman–Crippen LogP) is 1.77. The third-order valence-electron chi connectivity index (χ3n) is 1.46. The topological polar surface area (TPSA) is 33.1 Å². The van der Waals surface area contributed by atoms with Crippen LogP contribution in [0.1, 0.15) is 17.8 Å². The van der Waals surface area contributed by atoms with E-state index in [4.69, 9.17) is 0 Å². The fourth-order valence-corrected chi connectivity index (χ4v) is 0.955. The van der Waals surface area contributed by atoms with Crippen molar-refractivity contribution in [3.05, 3.63) is 23.5 Å². The highest BCUT2D eigenvalue weighted by molar-refractivity contribution is 7.80. The Morgan fingerprint density at radius 1 is 1.54 bits per heavy atom. The van der Waals surface area contributed by atoms with Crippen molar-refractivity contribution in [3.63, 3.8) is 0 Å². The zero-order valence-corrected chi connectivity index (χ0v) is 8.30. The molecule has 0 saturated heterocycles. The Morgan fingerprint density at radius 3 is 3.00 bits per heavy atom. The van der Waals surface area contributed by atoms with Gasteiger partial charge in [-0.05, 0) is 25.0 Å². The summed E-state index contributed by atoms with van der Waals surface area (Å²) in [4.78, 5) is 4.10. The van der Waals surface area contributed by atoms with Gasteiger partial charge < -0.3 is 5.11 Å². The van der Waals surface area contributed by atoms with Crippen molar-refractivity contribution in [1.29, 1.82) is 0 Å². The monoisotopic (exact) mass is 193 g/mol. The van der Waals surface area contributed by atoms with Crippen LogP contribution in [-0.2, 0) is 0 Å². The lowest BCUT2D eigenvalue weighted by atomic mass is 10.3. The van der Waals surface area contributed by atoms with Gasteiger partial charge >= 0.3 is 0 Å². The molecule has 0 aliphatic heterocycles. The molecular formula is C10H11NOS. The maximum absolute atomic E-state index is 9.35. The molecule has 0 unspecified atom stereocenters. The quantitative estimate of drug-likeness (QED) is 0.526. The summed E-state index contributed by atoms with van der Waals surface area (Å²) in [6.07, 6.45) is 0.707. The number of pyridine rings is 1. The van der Waals surface area contributed by atoms with Crippen LogP contribution < -0.4 is 0 Å². The molecule has 0 spiro atoms. The Morgan fingerprint density at radius 2 is 2.31 bits per heavy atom. The van der Waals surface area contributed by atoms with Crippen molar-refractivity contribution in [1.82, 2.24) is 4.98 Å². The Bertz CT molecular complexity index is 352. The summed E-state index contributed by atoms with van der Waals surface area (Å²) in [7, 11) is 0. The molecule has 1 N–H and O–H groups in total. The molecule has 0 fully saturated rings. The van der Waals surface area contributed by atoms with Gasteiger partial charge in [-0.25, -0.2) is 4.98 Å². The van der Waals surface area contributed by atoms with E-state index in [0.717, 1.165) is 11.4 Å². The van der Waals surface area contributed by atoms with E-state index in [0.29, 0.717) is 12.1 Å². The van der Waals surface area contributed by atoms with Gasteiger partial charge in [0.2, 0.25) is 0 Å². The predicted molar refractivity (Wildman–Crippen MR) is 56.0 cm³/mol. The molecule has 0 aliphatic rings.